The molecule has 0 aromatic heterocycles. The van der Waals surface area contributed by atoms with E-state index in [0.29, 0.717) is 18.8 Å². The quantitative estimate of drug-likeness (QED) is 0.774. The van der Waals surface area contributed by atoms with Crippen molar-refractivity contribution < 1.29 is 19.7 Å². The minimum absolute atomic E-state index is 0.0747. The molecule has 0 amide bonds. The van der Waals surface area contributed by atoms with E-state index in [1.165, 1.54) is 19.3 Å². The van der Waals surface area contributed by atoms with Gasteiger partial charge in [0.25, 0.3) is 0 Å². The van der Waals surface area contributed by atoms with Crippen LogP contribution in [0, 0.1) is 17.8 Å². The first kappa shape index (κ1) is 14.3. The van der Waals surface area contributed by atoms with Gasteiger partial charge in [-0.25, -0.2) is 0 Å². The van der Waals surface area contributed by atoms with Crippen molar-refractivity contribution >= 4 is 5.97 Å². The van der Waals surface area contributed by atoms with Crippen LogP contribution < -0.4 is 0 Å². The summed E-state index contributed by atoms with van der Waals surface area (Å²) in [5.41, 5.74) is 0. The fourth-order valence-corrected chi connectivity index (χ4v) is 4.50. The summed E-state index contributed by atoms with van der Waals surface area (Å²) in [6.45, 7) is 0. The molecular weight excluding hydrogens is 256 g/mol. The summed E-state index contributed by atoms with van der Waals surface area (Å²) in [4.78, 5) is 11.3. The zero-order valence-corrected chi connectivity index (χ0v) is 12.0. The van der Waals surface area contributed by atoms with Crippen molar-refractivity contribution in [3.8, 4) is 0 Å². The Morgan fingerprint density at radius 3 is 2.75 bits per heavy atom. The third-order valence-electron chi connectivity index (χ3n) is 5.67. The maximum Gasteiger partial charge on any atom is 0.306 e. The largest absolute Gasteiger partial charge is 0.462 e. The van der Waals surface area contributed by atoms with E-state index in [0.717, 1.165) is 25.7 Å². The van der Waals surface area contributed by atoms with E-state index in [1.807, 2.05) is 0 Å². The molecule has 5 atom stereocenters. The van der Waals surface area contributed by atoms with Gasteiger partial charge in [-0.05, 0) is 37.5 Å². The van der Waals surface area contributed by atoms with Crippen LogP contribution in [-0.2, 0) is 9.53 Å². The van der Waals surface area contributed by atoms with Crippen molar-refractivity contribution in [2.24, 2.45) is 17.8 Å². The fraction of sp³-hybridized carbons (Fsp3) is 0.938. The predicted octanol–water partition coefficient (Wildman–Crippen LogP) is 2.02. The second-order valence-electron chi connectivity index (χ2n) is 6.91. The number of aliphatic hydroxyl groups is 2. The lowest BCUT2D eigenvalue weighted by Gasteiger charge is -2.28. The Balaban J connectivity index is 1.50. The first-order valence-corrected chi connectivity index (χ1v) is 8.20. The summed E-state index contributed by atoms with van der Waals surface area (Å²) >= 11 is 0. The van der Waals surface area contributed by atoms with Gasteiger partial charge in [0.05, 0.1) is 18.6 Å². The smallest absolute Gasteiger partial charge is 0.306 e. The Hall–Kier alpha value is -0.610. The zero-order valence-electron chi connectivity index (χ0n) is 12.0. The number of fused-ring (bicyclic) bond motifs is 1. The molecule has 0 unspecified atom stereocenters. The van der Waals surface area contributed by atoms with Crippen LogP contribution in [0.1, 0.15) is 57.8 Å². The molecule has 1 heterocycles. The highest BCUT2D eigenvalue weighted by molar-refractivity contribution is 5.72. The molecule has 0 aromatic rings. The Kier molecular flexibility index (Phi) is 4.32. The van der Waals surface area contributed by atoms with Crippen molar-refractivity contribution in [1.82, 2.24) is 0 Å². The maximum absolute atomic E-state index is 11.3. The lowest BCUT2D eigenvalue weighted by molar-refractivity contribution is -0.141. The third kappa shape index (κ3) is 2.86. The second kappa shape index (κ2) is 6.02. The average molecular weight is 282 g/mol. The third-order valence-corrected chi connectivity index (χ3v) is 5.67. The molecule has 3 fully saturated rings. The van der Waals surface area contributed by atoms with Crippen LogP contribution in [0.2, 0.25) is 0 Å². The van der Waals surface area contributed by atoms with Gasteiger partial charge in [-0.3, -0.25) is 4.79 Å². The molecule has 3 rings (SSSR count). The van der Waals surface area contributed by atoms with Gasteiger partial charge in [0.1, 0.15) is 6.10 Å². The van der Waals surface area contributed by atoms with Crippen LogP contribution >= 0.6 is 0 Å². The van der Waals surface area contributed by atoms with Gasteiger partial charge in [0.2, 0.25) is 0 Å². The van der Waals surface area contributed by atoms with Gasteiger partial charge in [-0.1, -0.05) is 19.3 Å². The molecule has 0 radical (unpaired) electrons. The monoisotopic (exact) mass is 282 g/mol. The summed E-state index contributed by atoms with van der Waals surface area (Å²) in [7, 11) is 0. The van der Waals surface area contributed by atoms with E-state index >= 15 is 0 Å². The van der Waals surface area contributed by atoms with Crippen molar-refractivity contribution in [2.75, 3.05) is 0 Å². The Morgan fingerprint density at radius 1 is 1.25 bits per heavy atom. The lowest BCUT2D eigenvalue weighted by Crippen LogP contribution is -2.26. The van der Waals surface area contributed by atoms with Crippen LogP contribution in [0.15, 0.2) is 0 Å². The van der Waals surface area contributed by atoms with Gasteiger partial charge >= 0.3 is 5.97 Å². The fourth-order valence-electron chi connectivity index (χ4n) is 4.50. The Morgan fingerprint density at radius 2 is 2.00 bits per heavy atom. The number of esters is 1. The van der Waals surface area contributed by atoms with E-state index in [-0.39, 0.29) is 36.1 Å². The van der Waals surface area contributed by atoms with Gasteiger partial charge in [0, 0.05) is 12.3 Å². The molecule has 114 valence electrons. The SMILES string of the molecule is O=C1C[C@@H]2[C@@H](CC[C@H](O)C3CCCCC3)[C@H](O)C[C@@H]2O1. The van der Waals surface area contributed by atoms with Crippen LogP contribution in [0.25, 0.3) is 0 Å². The number of rotatable bonds is 4. The van der Waals surface area contributed by atoms with E-state index in [1.54, 1.807) is 0 Å². The van der Waals surface area contributed by atoms with Crippen LogP contribution in [0.4, 0.5) is 0 Å². The highest BCUT2D eigenvalue weighted by Gasteiger charge is 2.49. The van der Waals surface area contributed by atoms with E-state index in [4.69, 9.17) is 4.74 Å². The summed E-state index contributed by atoms with van der Waals surface area (Å²) < 4.78 is 5.25. The molecule has 1 aliphatic heterocycles. The minimum atomic E-state index is -0.364. The molecule has 1 saturated heterocycles. The Bertz CT molecular complexity index is 350. The summed E-state index contributed by atoms with van der Waals surface area (Å²) in [5.74, 6) is 0.630. The Labute approximate surface area is 120 Å². The topological polar surface area (TPSA) is 66.8 Å². The molecule has 2 N–H and O–H groups in total. The van der Waals surface area contributed by atoms with Gasteiger partial charge in [0.15, 0.2) is 0 Å². The van der Waals surface area contributed by atoms with E-state index in [2.05, 4.69) is 0 Å². The maximum atomic E-state index is 11.3. The molecule has 20 heavy (non-hydrogen) atoms. The number of carbonyl (C=O) groups is 1. The zero-order chi connectivity index (χ0) is 14.1. The molecule has 0 bridgehead atoms. The minimum Gasteiger partial charge on any atom is -0.462 e. The molecule has 0 aromatic carbocycles. The lowest BCUT2D eigenvalue weighted by atomic mass is 9.81. The molecular formula is C16H26O4. The van der Waals surface area contributed by atoms with Crippen LogP contribution in [0.3, 0.4) is 0 Å². The first-order valence-electron chi connectivity index (χ1n) is 8.20. The number of aliphatic hydroxyl groups excluding tert-OH is 2. The number of ether oxygens (including phenoxy) is 1. The van der Waals surface area contributed by atoms with Gasteiger partial charge < -0.3 is 14.9 Å². The highest BCUT2D eigenvalue weighted by Crippen LogP contribution is 2.44. The summed E-state index contributed by atoms with van der Waals surface area (Å²) in [5, 5.41) is 20.5. The van der Waals surface area contributed by atoms with Crippen molar-refractivity contribution in [2.45, 2.75) is 76.1 Å². The molecule has 4 nitrogen and oxygen atoms in total. The van der Waals surface area contributed by atoms with E-state index < -0.39 is 0 Å². The summed E-state index contributed by atoms with van der Waals surface area (Å²) in [6.07, 6.45) is 7.98. The standard InChI is InChI=1S/C16H26O4/c17-13(10-4-2-1-3-5-10)7-6-11-12-8-16(19)20-15(12)9-14(11)18/h10-15,17-18H,1-9H2/t11-,12-,13+,14-,15+/m1/s1. The highest BCUT2D eigenvalue weighted by atomic mass is 16.6. The van der Waals surface area contributed by atoms with Crippen LogP contribution in [-0.4, -0.2) is 34.5 Å². The molecule has 3 aliphatic rings. The molecule has 0 spiro atoms. The van der Waals surface area contributed by atoms with E-state index in [9.17, 15) is 15.0 Å². The van der Waals surface area contributed by atoms with Gasteiger partial charge in [-0.15, -0.1) is 0 Å². The summed E-state index contributed by atoms with van der Waals surface area (Å²) in [6, 6.07) is 0. The number of hydrogen-bond acceptors (Lipinski definition) is 4. The first-order chi connectivity index (χ1) is 9.65. The molecule has 4 heteroatoms. The predicted molar refractivity (Wildman–Crippen MR) is 73.9 cm³/mol. The number of hydrogen-bond donors (Lipinski definition) is 2. The van der Waals surface area contributed by atoms with Crippen molar-refractivity contribution in [3.63, 3.8) is 0 Å². The molecule has 2 aliphatic carbocycles. The van der Waals surface area contributed by atoms with Gasteiger partial charge in [-0.2, -0.15) is 0 Å². The normalized spacial score (nSPS) is 39.6. The van der Waals surface area contributed by atoms with Crippen molar-refractivity contribution in [1.29, 1.82) is 0 Å². The van der Waals surface area contributed by atoms with Crippen LogP contribution in [0.5, 0.6) is 0 Å². The molecule has 2 saturated carbocycles. The average Bonchev–Trinajstić information content (AvgIpc) is 2.92. The second-order valence-corrected chi connectivity index (χ2v) is 6.91. The number of carbonyl (C=O) groups excluding carboxylic acids is 1. The van der Waals surface area contributed by atoms with Crippen molar-refractivity contribution in [3.05, 3.63) is 0 Å².